The first kappa shape index (κ1) is 25.7. The number of piperazine rings is 1. The second-order valence-corrected chi connectivity index (χ2v) is 9.87. The first-order valence-corrected chi connectivity index (χ1v) is 13.5. The van der Waals surface area contributed by atoms with Crippen LogP contribution in [-0.4, -0.2) is 86.2 Å². The standard InChI is InChI=1S/C30H38N4O3/c35-30(31-14-7-15-32-20-22-36-23-21-32)28-13-12-27(37-28)24-33-16-18-34(19-17-33)29(25-8-3-1-4-9-25)26-10-5-2-6-11-26/h1-6,8-13,29H,7,14-24H2,(H,31,35). The fraction of sp³-hybridized carbons (Fsp3) is 0.433. The molecule has 1 amide bonds. The van der Waals surface area contributed by atoms with E-state index in [0.717, 1.165) is 77.8 Å². The summed E-state index contributed by atoms with van der Waals surface area (Å²) in [7, 11) is 0. The van der Waals surface area contributed by atoms with Crippen LogP contribution in [0.1, 0.15) is 39.9 Å². The summed E-state index contributed by atoms with van der Waals surface area (Å²) in [6, 6.07) is 25.5. The van der Waals surface area contributed by atoms with Gasteiger partial charge in [0.15, 0.2) is 5.76 Å². The zero-order valence-corrected chi connectivity index (χ0v) is 21.6. The van der Waals surface area contributed by atoms with E-state index in [1.54, 1.807) is 6.07 Å². The van der Waals surface area contributed by atoms with Gasteiger partial charge in [-0.3, -0.25) is 19.5 Å². The lowest BCUT2D eigenvalue weighted by Crippen LogP contribution is -2.47. The molecular weight excluding hydrogens is 464 g/mol. The van der Waals surface area contributed by atoms with Gasteiger partial charge in [0.2, 0.25) is 0 Å². The summed E-state index contributed by atoms with van der Waals surface area (Å²) < 4.78 is 11.3. The SMILES string of the molecule is O=C(NCCCN1CCOCC1)c1ccc(CN2CCN(C(c3ccccc3)c3ccccc3)CC2)o1. The fourth-order valence-corrected chi connectivity index (χ4v) is 5.29. The van der Waals surface area contributed by atoms with Crippen LogP contribution in [0, 0.1) is 0 Å². The zero-order chi connectivity index (χ0) is 25.3. The molecule has 2 saturated heterocycles. The van der Waals surface area contributed by atoms with E-state index in [4.69, 9.17) is 9.15 Å². The van der Waals surface area contributed by atoms with Gasteiger partial charge in [-0.2, -0.15) is 0 Å². The lowest BCUT2D eigenvalue weighted by Gasteiger charge is -2.39. The first-order chi connectivity index (χ1) is 18.3. The highest BCUT2D eigenvalue weighted by Crippen LogP contribution is 2.29. The molecule has 3 heterocycles. The molecule has 1 aromatic heterocycles. The third-order valence-corrected chi connectivity index (χ3v) is 7.31. The second-order valence-electron chi connectivity index (χ2n) is 9.87. The number of morpholine rings is 1. The molecule has 2 aromatic carbocycles. The van der Waals surface area contributed by atoms with Crippen LogP contribution >= 0.6 is 0 Å². The minimum atomic E-state index is -0.133. The molecule has 0 atom stereocenters. The number of amides is 1. The minimum Gasteiger partial charge on any atom is -0.455 e. The molecule has 0 aliphatic carbocycles. The summed E-state index contributed by atoms with van der Waals surface area (Å²) in [5, 5.41) is 2.99. The van der Waals surface area contributed by atoms with E-state index in [2.05, 4.69) is 80.7 Å². The Hall–Kier alpha value is -2.97. The van der Waals surface area contributed by atoms with Crippen LogP contribution in [0.3, 0.4) is 0 Å². The molecule has 2 aliphatic rings. The number of benzene rings is 2. The van der Waals surface area contributed by atoms with Gasteiger partial charge in [-0.1, -0.05) is 60.7 Å². The molecule has 2 fully saturated rings. The molecular formula is C30H38N4O3. The monoisotopic (exact) mass is 502 g/mol. The quantitative estimate of drug-likeness (QED) is 0.427. The molecule has 0 spiro atoms. The average molecular weight is 503 g/mol. The molecule has 0 saturated carbocycles. The van der Waals surface area contributed by atoms with Gasteiger partial charge in [0.05, 0.1) is 25.8 Å². The van der Waals surface area contributed by atoms with Crippen LogP contribution < -0.4 is 5.32 Å². The summed E-state index contributed by atoms with van der Waals surface area (Å²) in [5.74, 6) is 1.11. The van der Waals surface area contributed by atoms with Gasteiger partial charge in [-0.15, -0.1) is 0 Å². The van der Waals surface area contributed by atoms with Crippen molar-refractivity contribution in [3.8, 4) is 0 Å². The van der Waals surface area contributed by atoms with Crippen LogP contribution in [0.25, 0.3) is 0 Å². The molecule has 0 unspecified atom stereocenters. The van der Waals surface area contributed by atoms with Crippen LogP contribution in [0.15, 0.2) is 77.2 Å². The minimum absolute atomic E-state index is 0.133. The Morgan fingerprint density at radius 3 is 2.08 bits per heavy atom. The zero-order valence-electron chi connectivity index (χ0n) is 21.6. The van der Waals surface area contributed by atoms with Gasteiger partial charge < -0.3 is 14.5 Å². The molecule has 2 aliphatic heterocycles. The maximum Gasteiger partial charge on any atom is 0.286 e. The van der Waals surface area contributed by atoms with Crippen molar-refractivity contribution >= 4 is 5.91 Å². The van der Waals surface area contributed by atoms with E-state index in [0.29, 0.717) is 12.3 Å². The number of hydrogen-bond donors (Lipinski definition) is 1. The Labute approximate surface area is 220 Å². The highest BCUT2D eigenvalue weighted by molar-refractivity contribution is 5.91. The Morgan fingerprint density at radius 2 is 1.43 bits per heavy atom. The van der Waals surface area contributed by atoms with E-state index < -0.39 is 0 Å². The van der Waals surface area contributed by atoms with E-state index in [1.807, 2.05) is 6.07 Å². The number of rotatable bonds is 10. The number of nitrogens with one attached hydrogen (secondary N) is 1. The molecule has 196 valence electrons. The number of carbonyl (C=O) groups is 1. The summed E-state index contributed by atoms with van der Waals surface area (Å²) in [6.45, 7) is 9.78. The smallest absolute Gasteiger partial charge is 0.286 e. The van der Waals surface area contributed by atoms with Crippen molar-refractivity contribution in [1.82, 2.24) is 20.0 Å². The fourth-order valence-electron chi connectivity index (χ4n) is 5.29. The van der Waals surface area contributed by atoms with Gasteiger partial charge in [-0.05, 0) is 36.2 Å². The number of ether oxygens (including phenoxy) is 1. The Kier molecular flexibility index (Phi) is 9.03. The molecule has 5 rings (SSSR count). The van der Waals surface area contributed by atoms with E-state index in [9.17, 15) is 4.79 Å². The van der Waals surface area contributed by atoms with Gasteiger partial charge in [0.1, 0.15) is 5.76 Å². The average Bonchev–Trinajstić information content (AvgIpc) is 3.42. The number of nitrogens with zero attached hydrogens (tertiary/aromatic N) is 3. The lowest BCUT2D eigenvalue weighted by molar-refractivity contribution is 0.0374. The third kappa shape index (κ3) is 7.08. The predicted octanol–water partition coefficient (Wildman–Crippen LogP) is 3.64. The Bertz CT molecular complexity index is 1050. The molecule has 0 bridgehead atoms. The summed E-state index contributed by atoms with van der Waals surface area (Å²) >= 11 is 0. The first-order valence-electron chi connectivity index (χ1n) is 13.5. The largest absolute Gasteiger partial charge is 0.455 e. The van der Waals surface area contributed by atoms with Gasteiger partial charge in [-0.25, -0.2) is 0 Å². The van der Waals surface area contributed by atoms with Gasteiger partial charge in [0.25, 0.3) is 5.91 Å². The topological polar surface area (TPSA) is 61.2 Å². The van der Waals surface area contributed by atoms with Gasteiger partial charge in [0, 0.05) is 45.8 Å². The Morgan fingerprint density at radius 1 is 0.784 bits per heavy atom. The third-order valence-electron chi connectivity index (χ3n) is 7.31. The maximum absolute atomic E-state index is 12.5. The van der Waals surface area contributed by atoms with Crippen molar-refractivity contribution in [3.63, 3.8) is 0 Å². The van der Waals surface area contributed by atoms with Crippen LogP contribution in [0.5, 0.6) is 0 Å². The maximum atomic E-state index is 12.5. The molecule has 3 aromatic rings. The summed E-state index contributed by atoms with van der Waals surface area (Å²) in [4.78, 5) is 19.9. The highest BCUT2D eigenvalue weighted by Gasteiger charge is 2.26. The molecule has 37 heavy (non-hydrogen) atoms. The van der Waals surface area contributed by atoms with Crippen molar-refractivity contribution in [2.75, 3.05) is 65.6 Å². The van der Waals surface area contributed by atoms with Crippen molar-refractivity contribution in [3.05, 3.63) is 95.4 Å². The van der Waals surface area contributed by atoms with Crippen molar-refractivity contribution in [1.29, 1.82) is 0 Å². The Balaban J connectivity index is 1.09. The van der Waals surface area contributed by atoms with Gasteiger partial charge >= 0.3 is 0 Å². The van der Waals surface area contributed by atoms with Crippen molar-refractivity contribution < 1.29 is 13.9 Å². The van der Waals surface area contributed by atoms with E-state index >= 15 is 0 Å². The summed E-state index contributed by atoms with van der Waals surface area (Å²) in [5.41, 5.74) is 2.66. The lowest BCUT2D eigenvalue weighted by atomic mass is 9.96. The highest BCUT2D eigenvalue weighted by atomic mass is 16.5. The molecule has 7 nitrogen and oxygen atoms in total. The second kappa shape index (κ2) is 13.0. The normalized spacial score (nSPS) is 17.8. The van der Waals surface area contributed by atoms with Crippen molar-refractivity contribution in [2.45, 2.75) is 19.0 Å². The van der Waals surface area contributed by atoms with Crippen molar-refractivity contribution in [2.24, 2.45) is 0 Å². The molecule has 1 N–H and O–H groups in total. The van der Waals surface area contributed by atoms with Crippen LogP contribution in [0.4, 0.5) is 0 Å². The van der Waals surface area contributed by atoms with E-state index in [-0.39, 0.29) is 11.9 Å². The molecule has 7 heteroatoms. The summed E-state index contributed by atoms with van der Waals surface area (Å²) in [6.07, 6.45) is 0.927. The molecule has 0 radical (unpaired) electrons. The van der Waals surface area contributed by atoms with Crippen LogP contribution in [0.2, 0.25) is 0 Å². The number of carbonyl (C=O) groups excluding carboxylic acids is 1. The number of hydrogen-bond acceptors (Lipinski definition) is 6. The van der Waals surface area contributed by atoms with E-state index in [1.165, 1.54) is 11.1 Å². The van der Waals surface area contributed by atoms with Crippen LogP contribution in [-0.2, 0) is 11.3 Å². The number of furan rings is 1. The predicted molar refractivity (Wildman–Crippen MR) is 144 cm³/mol.